The summed E-state index contributed by atoms with van der Waals surface area (Å²) in [6, 6.07) is 3.05. The first-order chi connectivity index (χ1) is 9.05. The quantitative estimate of drug-likeness (QED) is 0.887. The number of sulfonamides is 1. The lowest BCUT2D eigenvalue weighted by molar-refractivity contribution is 0.398. The summed E-state index contributed by atoms with van der Waals surface area (Å²) < 4.78 is 33.1. The van der Waals surface area contributed by atoms with E-state index in [1.165, 1.54) is 31.8 Å². The molecule has 8 heteroatoms. The number of nitrogens with one attached hydrogen (secondary N) is 1. The Morgan fingerprint density at radius 1 is 1.47 bits per heavy atom. The highest BCUT2D eigenvalue weighted by molar-refractivity contribution is 7.92. The van der Waals surface area contributed by atoms with Crippen molar-refractivity contribution in [2.45, 2.75) is 18.4 Å². The number of pyridine rings is 1. The van der Waals surface area contributed by atoms with E-state index < -0.39 is 10.0 Å². The zero-order valence-corrected chi connectivity index (χ0v) is 11.4. The largest absolute Gasteiger partial charge is 0.481 e. The zero-order chi connectivity index (χ0) is 13.9. The summed E-state index contributed by atoms with van der Waals surface area (Å²) in [6.45, 7) is 2.49. The van der Waals surface area contributed by atoms with Gasteiger partial charge in [0.05, 0.1) is 19.0 Å². The van der Waals surface area contributed by atoms with Crippen molar-refractivity contribution in [2.75, 3.05) is 11.8 Å². The van der Waals surface area contributed by atoms with E-state index in [1.807, 2.05) is 6.92 Å². The van der Waals surface area contributed by atoms with Crippen LogP contribution >= 0.6 is 0 Å². The predicted molar refractivity (Wildman–Crippen MR) is 69.5 cm³/mol. The molecular formula is C11H14N4O3S. The van der Waals surface area contributed by atoms with Crippen molar-refractivity contribution in [1.29, 1.82) is 0 Å². The standard InChI is InChI=1S/C11H14N4O3S/c1-3-15-8-10(7-13-15)19(16,17)14-9-4-5-12-11(6-9)18-2/h4-8H,3H2,1-2H3,(H,12,14). The van der Waals surface area contributed by atoms with Crippen LogP contribution in [0.15, 0.2) is 35.6 Å². The first-order valence-corrected chi connectivity index (χ1v) is 7.09. The molecule has 0 saturated heterocycles. The molecule has 0 fully saturated rings. The Morgan fingerprint density at radius 3 is 2.89 bits per heavy atom. The lowest BCUT2D eigenvalue weighted by Crippen LogP contribution is -2.12. The van der Waals surface area contributed by atoms with Crippen LogP contribution in [-0.4, -0.2) is 30.3 Å². The van der Waals surface area contributed by atoms with Gasteiger partial charge in [-0.15, -0.1) is 0 Å². The molecule has 0 spiro atoms. The van der Waals surface area contributed by atoms with Crippen molar-refractivity contribution in [2.24, 2.45) is 0 Å². The third-order valence-corrected chi connectivity index (χ3v) is 3.78. The Kier molecular flexibility index (Phi) is 3.70. The maximum atomic E-state index is 12.1. The van der Waals surface area contributed by atoms with Gasteiger partial charge in [-0.1, -0.05) is 0 Å². The summed E-state index contributed by atoms with van der Waals surface area (Å²) in [4.78, 5) is 4.02. The zero-order valence-electron chi connectivity index (χ0n) is 10.6. The number of aromatic nitrogens is 3. The Bertz CT molecular complexity index is 666. The number of rotatable bonds is 5. The van der Waals surface area contributed by atoms with Crippen LogP contribution in [0.25, 0.3) is 0 Å². The van der Waals surface area contributed by atoms with Gasteiger partial charge >= 0.3 is 0 Å². The van der Waals surface area contributed by atoms with Crippen molar-refractivity contribution in [3.63, 3.8) is 0 Å². The average Bonchev–Trinajstić information content (AvgIpc) is 2.88. The van der Waals surface area contributed by atoms with Crippen LogP contribution in [0.3, 0.4) is 0 Å². The van der Waals surface area contributed by atoms with Gasteiger partial charge in [0.2, 0.25) is 5.88 Å². The molecule has 0 aliphatic heterocycles. The third kappa shape index (κ3) is 3.02. The molecule has 2 heterocycles. The summed E-state index contributed by atoms with van der Waals surface area (Å²) in [5.74, 6) is 0.337. The summed E-state index contributed by atoms with van der Waals surface area (Å²) in [5, 5.41) is 3.94. The van der Waals surface area contributed by atoms with Crippen LogP contribution in [0.1, 0.15) is 6.92 Å². The van der Waals surface area contributed by atoms with E-state index in [0.717, 1.165) is 0 Å². The van der Waals surface area contributed by atoms with E-state index in [-0.39, 0.29) is 4.90 Å². The minimum absolute atomic E-state index is 0.116. The Morgan fingerprint density at radius 2 is 2.26 bits per heavy atom. The maximum Gasteiger partial charge on any atom is 0.265 e. The minimum Gasteiger partial charge on any atom is -0.481 e. The highest BCUT2D eigenvalue weighted by Gasteiger charge is 2.16. The molecule has 0 atom stereocenters. The van der Waals surface area contributed by atoms with E-state index in [9.17, 15) is 8.42 Å². The molecule has 1 N–H and O–H groups in total. The Hall–Kier alpha value is -2.09. The van der Waals surface area contributed by atoms with E-state index in [0.29, 0.717) is 18.1 Å². The molecule has 2 aromatic rings. The van der Waals surface area contributed by atoms with Crippen LogP contribution in [0, 0.1) is 0 Å². The lowest BCUT2D eigenvalue weighted by atomic mass is 10.4. The second-order valence-electron chi connectivity index (χ2n) is 3.72. The molecule has 0 unspecified atom stereocenters. The van der Waals surface area contributed by atoms with Crippen LogP contribution in [0.2, 0.25) is 0 Å². The lowest BCUT2D eigenvalue weighted by Gasteiger charge is -2.06. The minimum atomic E-state index is -3.64. The number of anilines is 1. The molecular weight excluding hydrogens is 268 g/mol. The van der Waals surface area contributed by atoms with Gasteiger partial charge < -0.3 is 4.74 Å². The van der Waals surface area contributed by atoms with Crippen molar-refractivity contribution >= 4 is 15.7 Å². The van der Waals surface area contributed by atoms with Crippen LogP contribution < -0.4 is 9.46 Å². The third-order valence-electron chi connectivity index (χ3n) is 2.44. The molecule has 0 saturated carbocycles. The molecule has 2 aromatic heterocycles. The average molecular weight is 282 g/mol. The van der Waals surface area contributed by atoms with Gasteiger partial charge in [0, 0.05) is 25.0 Å². The SMILES string of the molecule is CCn1cc(S(=O)(=O)Nc2ccnc(OC)c2)cn1. The number of nitrogens with zero attached hydrogens (tertiary/aromatic N) is 3. The molecule has 102 valence electrons. The van der Waals surface area contributed by atoms with Crippen molar-refractivity contribution < 1.29 is 13.2 Å². The number of hydrogen-bond acceptors (Lipinski definition) is 5. The summed E-state index contributed by atoms with van der Waals surface area (Å²) in [7, 11) is -2.18. The first kappa shape index (κ1) is 13.3. The highest BCUT2D eigenvalue weighted by Crippen LogP contribution is 2.18. The van der Waals surface area contributed by atoms with Crippen LogP contribution in [-0.2, 0) is 16.6 Å². The molecule has 7 nitrogen and oxygen atoms in total. The van der Waals surface area contributed by atoms with Crippen molar-refractivity contribution in [1.82, 2.24) is 14.8 Å². The van der Waals surface area contributed by atoms with Gasteiger partial charge in [-0.25, -0.2) is 13.4 Å². The topological polar surface area (TPSA) is 86.1 Å². The molecule has 19 heavy (non-hydrogen) atoms. The monoisotopic (exact) mass is 282 g/mol. The normalized spacial score (nSPS) is 11.3. The van der Waals surface area contributed by atoms with E-state index in [1.54, 1.807) is 10.7 Å². The summed E-state index contributed by atoms with van der Waals surface area (Å²) in [6.07, 6.45) is 4.25. The van der Waals surface area contributed by atoms with Gasteiger partial charge in [-0.05, 0) is 13.0 Å². The number of ether oxygens (including phenoxy) is 1. The molecule has 0 amide bonds. The number of hydrogen-bond donors (Lipinski definition) is 1. The van der Waals surface area contributed by atoms with Gasteiger partial charge in [-0.3, -0.25) is 9.40 Å². The second-order valence-corrected chi connectivity index (χ2v) is 5.41. The van der Waals surface area contributed by atoms with Crippen molar-refractivity contribution in [3.8, 4) is 5.88 Å². The number of methoxy groups -OCH3 is 1. The van der Waals surface area contributed by atoms with Crippen molar-refractivity contribution in [3.05, 3.63) is 30.7 Å². The first-order valence-electron chi connectivity index (χ1n) is 5.60. The molecule has 0 radical (unpaired) electrons. The molecule has 0 aliphatic carbocycles. The van der Waals surface area contributed by atoms with E-state index >= 15 is 0 Å². The van der Waals surface area contributed by atoms with Gasteiger partial charge in [0.1, 0.15) is 4.90 Å². The number of aryl methyl sites for hydroxylation is 1. The molecule has 0 aromatic carbocycles. The Labute approximate surface area is 111 Å². The molecule has 0 aliphatic rings. The molecule has 2 rings (SSSR count). The molecule has 0 bridgehead atoms. The summed E-state index contributed by atoms with van der Waals surface area (Å²) >= 11 is 0. The van der Waals surface area contributed by atoms with Gasteiger partial charge in [0.15, 0.2) is 0 Å². The fourth-order valence-corrected chi connectivity index (χ4v) is 2.46. The fraction of sp³-hybridized carbons (Fsp3) is 0.273. The second kappa shape index (κ2) is 5.27. The van der Waals surface area contributed by atoms with Gasteiger partial charge in [-0.2, -0.15) is 5.10 Å². The maximum absolute atomic E-state index is 12.1. The summed E-state index contributed by atoms with van der Waals surface area (Å²) in [5.41, 5.74) is 0.385. The van der Waals surface area contributed by atoms with E-state index in [4.69, 9.17) is 4.74 Å². The Balaban J connectivity index is 2.25. The van der Waals surface area contributed by atoms with E-state index in [2.05, 4.69) is 14.8 Å². The van der Waals surface area contributed by atoms with Gasteiger partial charge in [0.25, 0.3) is 10.0 Å². The van der Waals surface area contributed by atoms with Crippen LogP contribution in [0.5, 0.6) is 5.88 Å². The fourth-order valence-electron chi connectivity index (χ4n) is 1.45. The smallest absolute Gasteiger partial charge is 0.265 e. The predicted octanol–water partition coefficient (Wildman–Crippen LogP) is 1.11. The highest BCUT2D eigenvalue weighted by atomic mass is 32.2. The van der Waals surface area contributed by atoms with Crippen LogP contribution in [0.4, 0.5) is 5.69 Å².